The molecule has 0 atom stereocenters. The number of nitrogens with one attached hydrogen (secondary N) is 1. The number of halogens is 2. The number of amides is 1. The van der Waals surface area contributed by atoms with Crippen LogP contribution < -0.4 is 11.1 Å². The fraction of sp³-hybridized carbons (Fsp3) is 0.100. The topological polar surface area (TPSA) is 85.8 Å². The molecule has 2 rings (SSSR count). The maximum absolute atomic E-state index is 11.6. The molecule has 0 saturated heterocycles. The van der Waals surface area contributed by atoms with Crippen molar-refractivity contribution in [3.63, 3.8) is 0 Å². The second-order valence-electron chi connectivity index (χ2n) is 3.26. The molecule has 0 unspecified atom stereocenters. The van der Waals surface area contributed by atoms with Crippen LogP contribution in [-0.2, 0) is 11.3 Å². The van der Waals surface area contributed by atoms with Crippen LogP contribution in [0.3, 0.4) is 0 Å². The van der Waals surface area contributed by atoms with Gasteiger partial charge in [0.15, 0.2) is 0 Å². The minimum atomic E-state index is -0.170. The summed E-state index contributed by atoms with van der Waals surface area (Å²) < 4.78 is 1.47. The quantitative estimate of drug-likeness (QED) is 0.893. The Kier molecular flexibility index (Phi) is 6.77. The number of aromatic nitrogens is 3. The van der Waals surface area contributed by atoms with E-state index in [1.807, 2.05) is 0 Å². The summed E-state index contributed by atoms with van der Waals surface area (Å²) in [6, 6.07) is 3.52. The van der Waals surface area contributed by atoms with Gasteiger partial charge in [0.05, 0.1) is 23.8 Å². The van der Waals surface area contributed by atoms with Gasteiger partial charge in [-0.05, 0) is 12.1 Å². The molecular weight excluding hydrogens is 277 g/mol. The van der Waals surface area contributed by atoms with Crippen LogP contribution in [0.1, 0.15) is 0 Å². The lowest BCUT2D eigenvalue weighted by Crippen LogP contribution is -2.19. The molecule has 3 N–H and O–H groups in total. The first-order valence-corrected chi connectivity index (χ1v) is 4.72. The Morgan fingerprint density at radius 1 is 1.39 bits per heavy atom. The van der Waals surface area contributed by atoms with Crippen molar-refractivity contribution < 1.29 is 4.79 Å². The molecule has 18 heavy (non-hydrogen) atoms. The maximum atomic E-state index is 11.6. The second kappa shape index (κ2) is 7.52. The van der Waals surface area contributed by atoms with Gasteiger partial charge in [0.1, 0.15) is 6.54 Å². The number of carbonyl (C=O) groups is 1. The Balaban J connectivity index is 0.00000144. The second-order valence-corrected chi connectivity index (χ2v) is 3.26. The standard InChI is InChI=1S/C10H11N5O.2ClH/c11-8-4-13-15(6-8)7-10(16)14-9-2-1-3-12-5-9;;/h1-6H,7,11H2,(H,14,16);2*1H. The monoisotopic (exact) mass is 289 g/mol. The molecule has 0 aliphatic rings. The zero-order valence-corrected chi connectivity index (χ0v) is 10.9. The first kappa shape index (κ1) is 16.2. The lowest BCUT2D eigenvalue weighted by Gasteiger charge is -2.04. The summed E-state index contributed by atoms with van der Waals surface area (Å²) in [4.78, 5) is 15.4. The summed E-state index contributed by atoms with van der Waals surface area (Å²) in [5.74, 6) is -0.170. The van der Waals surface area contributed by atoms with Crippen LogP contribution in [0, 0.1) is 0 Å². The number of carbonyl (C=O) groups excluding carboxylic acids is 1. The molecule has 0 aliphatic heterocycles. The first-order chi connectivity index (χ1) is 7.74. The van der Waals surface area contributed by atoms with Gasteiger partial charge in [0, 0.05) is 12.4 Å². The fourth-order valence-electron chi connectivity index (χ4n) is 1.25. The van der Waals surface area contributed by atoms with Crippen LogP contribution in [0.4, 0.5) is 11.4 Å². The highest BCUT2D eigenvalue weighted by Gasteiger charge is 2.04. The van der Waals surface area contributed by atoms with Crippen molar-refractivity contribution in [3.8, 4) is 0 Å². The highest BCUT2D eigenvalue weighted by molar-refractivity contribution is 5.90. The number of anilines is 2. The van der Waals surface area contributed by atoms with E-state index in [1.54, 1.807) is 30.7 Å². The third-order valence-corrected chi connectivity index (χ3v) is 1.90. The van der Waals surface area contributed by atoms with E-state index >= 15 is 0 Å². The Morgan fingerprint density at radius 3 is 2.72 bits per heavy atom. The number of rotatable bonds is 3. The van der Waals surface area contributed by atoms with Crippen molar-refractivity contribution in [2.24, 2.45) is 0 Å². The fourth-order valence-corrected chi connectivity index (χ4v) is 1.25. The molecule has 0 saturated carbocycles. The van der Waals surface area contributed by atoms with Gasteiger partial charge in [-0.3, -0.25) is 14.5 Å². The van der Waals surface area contributed by atoms with E-state index in [4.69, 9.17) is 5.73 Å². The Bertz CT molecular complexity index is 488. The van der Waals surface area contributed by atoms with Crippen molar-refractivity contribution in [2.75, 3.05) is 11.1 Å². The van der Waals surface area contributed by atoms with E-state index in [2.05, 4.69) is 15.4 Å². The van der Waals surface area contributed by atoms with E-state index in [0.717, 1.165) is 0 Å². The molecule has 0 radical (unpaired) electrons. The minimum absolute atomic E-state index is 0. The molecule has 0 aliphatic carbocycles. The van der Waals surface area contributed by atoms with Crippen molar-refractivity contribution in [1.29, 1.82) is 0 Å². The molecule has 0 aromatic carbocycles. The van der Waals surface area contributed by atoms with E-state index in [0.29, 0.717) is 11.4 Å². The lowest BCUT2D eigenvalue weighted by atomic mass is 10.4. The molecule has 0 fully saturated rings. The van der Waals surface area contributed by atoms with Gasteiger partial charge in [-0.1, -0.05) is 0 Å². The van der Waals surface area contributed by atoms with Crippen molar-refractivity contribution in [2.45, 2.75) is 6.54 Å². The lowest BCUT2D eigenvalue weighted by molar-refractivity contribution is -0.116. The Hall–Kier alpha value is -1.79. The summed E-state index contributed by atoms with van der Waals surface area (Å²) in [6.45, 7) is 0.131. The molecule has 0 spiro atoms. The SMILES string of the molecule is Cl.Cl.Nc1cnn(CC(=O)Nc2cccnc2)c1. The van der Waals surface area contributed by atoms with Crippen LogP contribution in [-0.4, -0.2) is 20.7 Å². The van der Waals surface area contributed by atoms with Crippen LogP contribution in [0.25, 0.3) is 0 Å². The van der Waals surface area contributed by atoms with Gasteiger partial charge < -0.3 is 11.1 Å². The molecule has 98 valence electrons. The van der Waals surface area contributed by atoms with E-state index < -0.39 is 0 Å². The molecule has 6 nitrogen and oxygen atoms in total. The summed E-state index contributed by atoms with van der Waals surface area (Å²) >= 11 is 0. The van der Waals surface area contributed by atoms with Crippen molar-refractivity contribution >= 4 is 42.1 Å². The first-order valence-electron chi connectivity index (χ1n) is 4.72. The largest absolute Gasteiger partial charge is 0.396 e. The average molecular weight is 290 g/mol. The number of hydrogen-bond donors (Lipinski definition) is 2. The number of pyridine rings is 1. The van der Waals surface area contributed by atoms with Gasteiger partial charge in [-0.25, -0.2) is 0 Å². The number of nitrogens with two attached hydrogens (primary N) is 1. The Morgan fingerprint density at radius 2 is 2.17 bits per heavy atom. The minimum Gasteiger partial charge on any atom is -0.396 e. The highest BCUT2D eigenvalue weighted by Crippen LogP contribution is 2.03. The normalized spacial score (nSPS) is 8.89. The zero-order chi connectivity index (χ0) is 11.4. The molecule has 0 bridgehead atoms. The van der Waals surface area contributed by atoms with Gasteiger partial charge in [0.2, 0.25) is 5.91 Å². The van der Waals surface area contributed by atoms with Gasteiger partial charge >= 0.3 is 0 Å². The average Bonchev–Trinajstić information content (AvgIpc) is 2.65. The molecular formula is C10H13Cl2N5O. The Labute approximate surface area is 116 Å². The number of nitrogen functional groups attached to an aromatic ring is 1. The predicted octanol–water partition coefficient (Wildman–Crippen LogP) is 1.34. The van der Waals surface area contributed by atoms with E-state index in [9.17, 15) is 4.79 Å². The smallest absolute Gasteiger partial charge is 0.246 e. The zero-order valence-electron chi connectivity index (χ0n) is 9.31. The van der Waals surface area contributed by atoms with Gasteiger partial charge in [0.25, 0.3) is 0 Å². The third-order valence-electron chi connectivity index (χ3n) is 1.90. The number of nitrogens with zero attached hydrogens (tertiary/aromatic N) is 3. The van der Waals surface area contributed by atoms with Gasteiger partial charge in [-0.15, -0.1) is 24.8 Å². The molecule has 8 heteroatoms. The molecule has 2 aromatic heterocycles. The number of hydrogen-bond acceptors (Lipinski definition) is 4. The maximum Gasteiger partial charge on any atom is 0.246 e. The van der Waals surface area contributed by atoms with E-state index in [-0.39, 0.29) is 37.3 Å². The predicted molar refractivity (Wildman–Crippen MR) is 74.0 cm³/mol. The summed E-state index contributed by atoms with van der Waals surface area (Å²) in [7, 11) is 0. The van der Waals surface area contributed by atoms with Crippen LogP contribution in [0.2, 0.25) is 0 Å². The highest BCUT2D eigenvalue weighted by atomic mass is 35.5. The van der Waals surface area contributed by atoms with Gasteiger partial charge in [-0.2, -0.15) is 5.10 Å². The van der Waals surface area contributed by atoms with Crippen LogP contribution in [0.15, 0.2) is 36.9 Å². The molecule has 2 heterocycles. The molecule has 2 aromatic rings. The van der Waals surface area contributed by atoms with E-state index in [1.165, 1.54) is 10.9 Å². The molecule has 1 amide bonds. The van der Waals surface area contributed by atoms with Crippen molar-refractivity contribution in [3.05, 3.63) is 36.9 Å². The summed E-state index contributed by atoms with van der Waals surface area (Å²) in [6.07, 6.45) is 6.32. The van der Waals surface area contributed by atoms with Crippen LogP contribution in [0.5, 0.6) is 0 Å². The third kappa shape index (κ3) is 4.60. The summed E-state index contributed by atoms with van der Waals surface area (Å²) in [5, 5.41) is 6.61. The summed E-state index contributed by atoms with van der Waals surface area (Å²) in [5.41, 5.74) is 6.68. The van der Waals surface area contributed by atoms with Crippen molar-refractivity contribution in [1.82, 2.24) is 14.8 Å². The van der Waals surface area contributed by atoms with Crippen LogP contribution >= 0.6 is 24.8 Å².